The van der Waals surface area contributed by atoms with E-state index in [0.29, 0.717) is 6.42 Å². The van der Waals surface area contributed by atoms with E-state index in [1.54, 1.807) is 4.90 Å². The number of carboxylic acids is 1. The van der Waals surface area contributed by atoms with Gasteiger partial charge in [0, 0.05) is 12.1 Å². The lowest BCUT2D eigenvalue weighted by Crippen LogP contribution is -2.45. The van der Waals surface area contributed by atoms with Crippen molar-refractivity contribution in [3.63, 3.8) is 0 Å². The number of carbonyl (C=O) groups excluding carboxylic acids is 2. The minimum atomic E-state index is -0.888. The van der Waals surface area contributed by atoms with Crippen molar-refractivity contribution in [1.82, 2.24) is 10.2 Å². The number of nitrogens with zero attached hydrogens (tertiary/aromatic N) is 1. The van der Waals surface area contributed by atoms with Crippen molar-refractivity contribution < 1.29 is 24.2 Å². The minimum Gasteiger partial charge on any atom is -0.481 e. The SMILES string of the molecule is NC(=O)OCCNC(=O)N1C2CCC1C(C(=O)O)C2. The van der Waals surface area contributed by atoms with E-state index in [1.165, 1.54) is 0 Å². The molecule has 2 saturated heterocycles. The van der Waals surface area contributed by atoms with Gasteiger partial charge in [0.05, 0.1) is 12.5 Å². The highest BCUT2D eigenvalue weighted by atomic mass is 16.5. The van der Waals surface area contributed by atoms with Gasteiger partial charge in [-0.15, -0.1) is 0 Å². The van der Waals surface area contributed by atoms with Gasteiger partial charge >= 0.3 is 18.1 Å². The topological polar surface area (TPSA) is 122 Å². The largest absolute Gasteiger partial charge is 0.481 e. The Kier molecular flexibility index (Phi) is 3.77. The Morgan fingerprint density at radius 2 is 2.11 bits per heavy atom. The first kappa shape index (κ1) is 13.4. The first-order valence-electron chi connectivity index (χ1n) is 6.22. The van der Waals surface area contributed by atoms with Crippen LogP contribution in [0.1, 0.15) is 19.3 Å². The van der Waals surface area contributed by atoms with Gasteiger partial charge in [-0.2, -0.15) is 0 Å². The van der Waals surface area contributed by atoms with Crippen molar-refractivity contribution >= 4 is 18.1 Å². The number of primary amides is 1. The number of amides is 3. The minimum absolute atomic E-state index is 0.00292. The second kappa shape index (κ2) is 5.33. The molecule has 2 aliphatic heterocycles. The molecule has 2 rings (SSSR count). The fraction of sp³-hybridized carbons (Fsp3) is 0.727. The van der Waals surface area contributed by atoms with Crippen molar-refractivity contribution in [1.29, 1.82) is 0 Å². The Morgan fingerprint density at radius 1 is 1.37 bits per heavy atom. The van der Waals surface area contributed by atoms with E-state index in [0.717, 1.165) is 12.8 Å². The number of rotatable bonds is 4. The van der Waals surface area contributed by atoms with Crippen LogP contribution in [0.25, 0.3) is 0 Å². The number of ether oxygens (including phenoxy) is 1. The van der Waals surface area contributed by atoms with Crippen LogP contribution in [0, 0.1) is 5.92 Å². The van der Waals surface area contributed by atoms with E-state index in [-0.39, 0.29) is 31.3 Å². The molecular weight excluding hydrogens is 254 g/mol. The summed E-state index contributed by atoms with van der Waals surface area (Å²) in [5.41, 5.74) is 4.79. The first-order chi connectivity index (χ1) is 9.00. The average molecular weight is 271 g/mol. The van der Waals surface area contributed by atoms with E-state index in [2.05, 4.69) is 10.1 Å². The van der Waals surface area contributed by atoms with Crippen LogP contribution in [-0.2, 0) is 9.53 Å². The van der Waals surface area contributed by atoms with Gasteiger partial charge in [-0.3, -0.25) is 4.79 Å². The molecular formula is C11H17N3O5. The summed E-state index contributed by atoms with van der Waals surface area (Å²) in [6.07, 6.45) is 1.21. The molecule has 2 heterocycles. The lowest BCUT2D eigenvalue weighted by molar-refractivity contribution is -0.142. The standard InChI is InChI=1S/C11H17N3O5/c12-10(17)19-4-3-13-11(18)14-6-1-2-8(14)7(5-6)9(15)16/h6-8H,1-5H2,(H2,12,17)(H,13,18)(H,15,16). The lowest BCUT2D eigenvalue weighted by Gasteiger charge is -2.23. The van der Waals surface area contributed by atoms with Gasteiger partial charge in [-0.05, 0) is 19.3 Å². The van der Waals surface area contributed by atoms with Crippen LogP contribution >= 0.6 is 0 Å². The highest BCUT2D eigenvalue weighted by Gasteiger charge is 2.51. The van der Waals surface area contributed by atoms with Gasteiger partial charge in [0.2, 0.25) is 0 Å². The molecule has 0 aromatic heterocycles. The van der Waals surface area contributed by atoms with Crippen LogP contribution in [0.5, 0.6) is 0 Å². The van der Waals surface area contributed by atoms with E-state index in [4.69, 9.17) is 10.8 Å². The van der Waals surface area contributed by atoms with Crippen LogP contribution < -0.4 is 11.1 Å². The number of nitrogens with two attached hydrogens (primary N) is 1. The number of carboxylic acid groups (broad SMARTS) is 1. The number of fused-ring (bicyclic) bond motifs is 2. The van der Waals surface area contributed by atoms with E-state index in [1.807, 2.05) is 0 Å². The Labute approximate surface area is 109 Å². The summed E-state index contributed by atoms with van der Waals surface area (Å²) in [7, 11) is 0. The summed E-state index contributed by atoms with van der Waals surface area (Å²) < 4.78 is 4.50. The van der Waals surface area contributed by atoms with Gasteiger partial charge in [0.15, 0.2) is 0 Å². The molecule has 3 atom stereocenters. The molecule has 0 aromatic carbocycles. The van der Waals surface area contributed by atoms with Crippen LogP contribution in [0.4, 0.5) is 9.59 Å². The van der Waals surface area contributed by atoms with Crippen LogP contribution in [0.3, 0.4) is 0 Å². The van der Waals surface area contributed by atoms with Crippen LogP contribution in [0.15, 0.2) is 0 Å². The zero-order valence-corrected chi connectivity index (χ0v) is 10.4. The number of nitrogens with one attached hydrogen (secondary N) is 1. The Morgan fingerprint density at radius 3 is 2.68 bits per heavy atom. The van der Waals surface area contributed by atoms with Crippen molar-refractivity contribution in [2.75, 3.05) is 13.2 Å². The fourth-order valence-electron chi connectivity index (χ4n) is 2.97. The van der Waals surface area contributed by atoms with Gasteiger partial charge in [-0.1, -0.05) is 0 Å². The highest BCUT2D eigenvalue weighted by Crippen LogP contribution is 2.41. The average Bonchev–Trinajstić information content (AvgIpc) is 2.91. The molecule has 106 valence electrons. The third kappa shape index (κ3) is 2.72. The summed E-state index contributed by atoms with van der Waals surface area (Å²) >= 11 is 0. The highest BCUT2D eigenvalue weighted by molar-refractivity contribution is 5.79. The Hall–Kier alpha value is -1.99. The van der Waals surface area contributed by atoms with Crippen LogP contribution in [0.2, 0.25) is 0 Å². The molecule has 0 saturated carbocycles. The lowest BCUT2D eigenvalue weighted by atomic mass is 9.89. The van der Waals surface area contributed by atoms with Crippen molar-refractivity contribution in [3.05, 3.63) is 0 Å². The molecule has 4 N–H and O–H groups in total. The predicted molar refractivity (Wildman–Crippen MR) is 63.3 cm³/mol. The normalized spacial score (nSPS) is 28.2. The summed E-state index contributed by atoms with van der Waals surface area (Å²) in [6.45, 7) is 0.169. The maximum absolute atomic E-state index is 12.0. The summed E-state index contributed by atoms with van der Waals surface area (Å²) in [4.78, 5) is 35.0. The molecule has 8 heteroatoms. The Balaban J connectivity index is 1.83. The molecule has 8 nitrogen and oxygen atoms in total. The fourth-order valence-corrected chi connectivity index (χ4v) is 2.97. The third-order valence-electron chi connectivity index (χ3n) is 3.71. The molecule has 2 fully saturated rings. The van der Waals surface area contributed by atoms with Crippen molar-refractivity contribution in [3.8, 4) is 0 Å². The van der Waals surface area contributed by atoms with E-state index in [9.17, 15) is 14.4 Å². The molecule has 0 aromatic rings. The number of aliphatic carboxylic acids is 1. The Bertz CT molecular complexity index is 400. The number of urea groups is 1. The zero-order chi connectivity index (χ0) is 14.0. The molecule has 2 aliphatic rings. The molecule has 19 heavy (non-hydrogen) atoms. The second-order valence-corrected chi connectivity index (χ2v) is 4.79. The van der Waals surface area contributed by atoms with E-state index < -0.39 is 18.0 Å². The summed E-state index contributed by atoms with van der Waals surface area (Å²) in [5, 5.41) is 11.7. The molecule has 0 radical (unpaired) electrons. The molecule has 2 bridgehead atoms. The first-order valence-corrected chi connectivity index (χ1v) is 6.22. The van der Waals surface area contributed by atoms with Gasteiger partial charge < -0.3 is 25.8 Å². The van der Waals surface area contributed by atoms with Gasteiger partial charge in [0.25, 0.3) is 0 Å². The van der Waals surface area contributed by atoms with Crippen molar-refractivity contribution in [2.24, 2.45) is 11.7 Å². The number of hydrogen-bond donors (Lipinski definition) is 3. The quantitative estimate of drug-likeness (QED) is 0.607. The monoisotopic (exact) mass is 271 g/mol. The van der Waals surface area contributed by atoms with Gasteiger partial charge in [-0.25, -0.2) is 9.59 Å². The maximum atomic E-state index is 12.0. The molecule has 0 aliphatic carbocycles. The molecule has 3 amide bonds. The predicted octanol–water partition coefficient (Wildman–Crippen LogP) is -0.271. The van der Waals surface area contributed by atoms with E-state index >= 15 is 0 Å². The second-order valence-electron chi connectivity index (χ2n) is 4.79. The summed E-state index contributed by atoms with van der Waals surface area (Å²) in [6, 6.07) is -0.521. The van der Waals surface area contributed by atoms with Gasteiger partial charge in [0.1, 0.15) is 6.61 Å². The molecule has 0 spiro atoms. The molecule has 3 unspecified atom stereocenters. The van der Waals surface area contributed by atoms with Crippen molar-refractivity contribution in [2.45, 2.75) is 31.3 Å². The van der Waals surface area contributed by atoms with Crippen LogP contribution in [-0.4, -0.2) is 53.3 Å². The smallest absolute Gasteiger partial charge is 0.404 e. The summed E-state index contributed by atoms with van der Waals surface area (Å²) in [5.74, 6) is -1.31. The zero-order valence-electron chi connectivity index (χ0n) is 10.4. The number of carbonyl (C=O) groups is 3. The maximum Gasteiger partial charge on any atom is 0.404 e. The third-order valence-corrected chi connectivity index (χ3v) is 3.71. The number of hydrogen-bond acceptors (Lipinski definition) is 4.